The predicted molar refractivity (Wildman–Crippen MR) is 168 cm³/mol. The highest BCUT2D eigenvalue weighted by atomic mass is 32.1. The Morgan fingerprint density at radius 1 is 1.02 bits per heavy atom. The summed E-state index contributed by atoms with van der Waals surface area (Å²) in [5.74, 6) is 1.97. The SMILES string of the molecule is Cc1cc(-c2nn(-c3ccccc3)cc2/C=c2\sc3nc(/C=C/c4cccs4)nn3c2=O)ccc1OCCC(C)C. The fourth-order valence-electron chi connectivity index (χ4n) is 4.40. The summed E-state index contributed by atoms with van der Waals surface area (Å²) in [4.78, 5) is 19.5. The molecule has 0 saturated carbocycles. The summed E-state index contributed by atoms with van der Waals surface area (Å²) in [6, 6.07) is 20.1. The van der Waals surface area contributed by atoms with Crippen LogP contribution in [0, 0.1) is 12.8 Å². The number of para-hydroxylation sites is 1. The average Bonchev–Trinajstić information content (AvgIpc) is 3.76. The quantitative estimate of drug-likeness (QED) is 0.195. The normalized spacial score (nSPS) is 12.3. The van der Waals surface area contributed by atoms with Gasteiger partial charge in [0.15, 0.2) is 5.82 Å². The van der Waals surface area contributed by atoms with E-state index in [4.69, 9.17) is 9.84 Å². The van der Waals surface area contributed by atoms with E-state index in [1.165, 1.54) is 15.9 Å². The zero-order valence-electron chi connectivity index (χ0n) is 23.0. The summed E-state index contributed by atoms with van der Waals surface area (Å²) in [7, 11) is 0. The molecule has 0 spiro atoms. The molecular weight excluding hydrogens is 551 g/mol. The molecule has 2 aromatic carbocycles. The third-order valence-electron chi connectivity index (χ3n) is 6.59. The summed E-state index contributed by atoms with van der Waals surface area (Å²) in [6.07, 6.45) is 8.63. The van der Waals surface area contributed by atoms with Crippen molar-refractivity contribution in [2.24, 2.45) is 5.92 Å². The van der Waals surface area contributed by atoms with Gasteiger partial charge in [-0.3, -0.25) is 4.79 Å². The monoisotopic (exact) mass is 579 g/mol. The van der Waals surface area contributed by atoms with Crippen LogP contribution in [0.25, 0.3) is 40.1 Å². The second-order valence-electron chi connectivity index (χ2n) is 10.2. The lowest BCUT2D eigenvalue weighted by molar-refractivity contribution is 0.288. The van der Waals surface area contributed by atoms with Crippen molar-refractivity contribution in [1.29, 1.82) is 0 Å². The molecule has 4 aromatic heterocycles. The van der Waals surface area contributed by atoms with Crippen molar-refractivity contribution in [1.82, 2.24) is 24.4 Å². The minimum Gasteiger partial charge on any atom is -0.493 e. The molecule has 206 valence electrons. The van der Waals surface area contributed by atoms with E-state index in [0.717, 1.165) is 45.1 Å². The molecule has 7 nitrogen and oxygen atoms in total. The van der Waals surface area contributed by atoms with E-state index >= 15 is 0 Å². The summed E-state index contributed by atoms with van der Waals surface area (Å²) in [5.41, 5.74) is 4.35. The van der Waals surface area contributed by atoms with Gasteiger partial charge >= 0.3 is 0 Å². The largest absolute Gasteiger partial charge is 0.493 e. The first kappa shape index (κ1) is 26.9. The molecule has 41 heavy (non-hydrogen) atoms. The summed E-state index contributed by atoms with van der Waals surface area (Å²) in [5, 5.41) is 11.4. The summed E-state index contributed by atoms with van der Waals surface area (Å²) >= 11 is 2.96. The first-order chi connectivity index (χ1) is 19.9. The van der Waals surface area contributed by atoms with Crippen LogP contribution in [0.3, 0.4) is 0 Å². The van der Waals surface area contributed by atoms with E-state index in [0.29, 0.717) is 27.8 Å². The number of benzene rings is 2. The summed E-state index contributed by atoms with van der Waals surface area (Å²) < 4.78 is 9.80. The van der Waals surface area contributed by atoms with E-state index in [1.807, 2.05) is 96.0 Å². The zero-order valence-corrected chi connectivity index (χ0v) is 24.7. The van der Waals surface area contributed by atoms with Crippen LogP contribution in [0.5, 0.6) is 5.75 Å². The van der Waals surface area contributed by atoms with Gasteiger partial charge in [0.1, 0.15) is 11.4 Å². The lowest BCUT2D eigenvalue weighted by Crippen LogP contribution is -2.23. The third-order valence-corrected chi connectivity index (χ3v) is 8.39. The van der Waals surface area contributed by atoms with Crippen molar-refractivity contribution in [2.75, 3.05) is 6.61 Å². The zero-order chi connectivity index (χ0) is 28.3. The number of thiazole rings is 1. The molecule has 0 fully saturated rings. The molecule has 0 bridgehead atoms. The van der Waals surface area contributed by atoms with E-state index in [-0.39, 0.29) is 5.56 Å². The van der Waals surface area contributed by atoms with Gasteiger partial charge in [0.2, 0.25) is 4.96 Å². The van der Waals surface area contributed by atoms with Crippen molar-refractivity contribution >= 4 is 45.9 Å². The van der Waals surface area contributed by atoms with Gasteiger partial charge in [-0.1, -0.05) is 49.4 Å². The Balaban J connectivity index is 1.38. The van der Waals surface area contributed by atoms with E-state index in [2.05, 4.69) is 30.0 Å². The number of rotatable bonds is 9. The average molecular weight is 580 g/mol. The van der Waals surface area contributed by atoms with E-state index < -0.39 is 0 Å². The van der Waals surface area contributed by atoms with Crippen LogP contribution < -0.4 is 14.8 Å². The Labute approximate surface area is 245 Å². The van der Waals surface area contributed by atoms with E-state index in [1.54, 1.807) is 11.3 Å². The third kappa shape index (κ3) is 5.91. The van der Waals surface area contributed by atoms with Crippen molar-refractivity contribution < 1.29 is 4.74 Å². The van der Waals surface area contributed by atoms with Crippen LogP contribution in [-0.4, -0.2) is 31.0 Å². The number of hydrogen-bond donors (Lipinski definition) is 0. The Morgan fingerprint density at radius 3 is 2.61 bits per heavy atom. The molecule has 4 heterocycles. The minimum atomic E-state index is -0.197. The molecule has 6 aromatic rings. The smallest absolute Gasteiger partial charge is 0.291 e. The second kappa shape index (κ2) is 11.6. The number of hydrogen-bond acceptors (Lipinski definition) is 7. The van der Waals surface area contributed by atoms with Gasteiger partial charge < -0.3 is 4.74 Å². The molecule has 6 rings (SSSR count). The Morgan fingerprint density at radius 2 is 1.88 bits per heavy atom. The highest BCUT2D eigenvalue weighted by molar-refractivity contribution is 7.15. The van der Waals surface area contributed by atoms with Crippen LogP contribution in [0.1, 0.15) is 42.1 Å². The van der Waals surface area contributed by atoms with Gasteiger partial charge in [-0.05, 0) is 84.8 Å². The maximum absolute atomic E-state index is 13.3. The highest BCUT2D eigenvalue weighted by Crippen LogP contribution is 2.29. The molecule has 0 atom stereocenters. The highest BCUT2D eigenvalue weighted by Gasteiger charge is 2.15. The Hall–Kier alpha value is -4.34. The molecule has 0 amide bonds. The lowest BCUT2D eigenvalue weighted by atomic mass is 10.0. The predicted octanol–water partition coefficient (Wildman–Crippen LogP) is 6.52. The van der Waals surface area contributed by atoms with Gasteiger partial charge in [-0.15, -0.1) is 16.4 Å². The number of aromatic nitrogens is 5. The van der Waals surface area contributed by atoms with Gasteiger partial charge in [0, 0.05) is 22.2 Å². The molecule has 0 aliphatic carbocycles. The van der Waals surface area contributed by atoms with Crippen molar-refractivity contribution in [3.05, 3.63) is 109 Å². The fraction of sp³-hybridized carbons (Fsp3) is 0.188. The molecule has 0 aliphatic rings. The lowest BCUT2D eigenvalue weighted by Gasteiger charge is -2.11. The van der Waals surface area contributed by atoms with Crippen LogP contribution in [0.2, 0.25) is 0 Å². The maximum atomic E-state index is 13.3. The standard InChI is InChI=1S/C32H29N5O2S2/c1-21(2)15-16-39-27-13-11-23(18-22(27)3)30-24(20-36(35-30)25-8-5-4-6-9-25)19-28-31(38)37-32(41-28)33-29(34-37)14-12-26-10-7-17-40-26/h4-14,17-21H,15-16H2,1-3H3/b14-12+,28-19-. The molecule has 0 unspecified atom stereocenters. The van der Waals surface area contributed by atoms with Crippen LogP contribution in [0.4, 0.5) is 0 Å². The number of thiophene rings is 1. The van der Waals surface area contributed by atoms with Gasteiger partial charge in [0.25, 0.3) is 5.56 Å². The first-order valence-corrected chi connectivity index (χ1v) is 15.2. The number of fused-ring (bicyclic) bond motifs is 1. The van der Waals surface area contributed by atoms with E-state index in [9.17, 15) is 4.79 Å². The Kier molecular flexibility index (Phi) is 7.63. The number of ether oxygens (including phenoxy) is 1. The van der Waals surface area contributed by atoms with Crippen LogP contribution in [-0.2, 0) is 0 Å². The van der Waals surface area contributed by atoms with Crippen molar-refractivity contribution in [3.8, 4) is 22.7 Å². The van der Waals surface area contributed by atoms with Crippen molar-refractivity contribution in [3.63, 3.8) is 0 Å². The van der Waals surface area contributed by atoms with Crippen LogP contribution >= 0.6 is 22.7 Å². The van der Waals surface area contributed by atoms with Gasteiger partial charge in [-0.2, -0.15) is 14.6 Å². The van der Waals surface area contributed by atoms with Crippen molar-refractivity contribution in [2.45, 2.75) is 27.2 Å². The maximum Gasteiger partial charge on any atom is 0.291 e. The minimum absolute atomic E-state index is 0.197. The molecule has 0 aliphatic heterocycles. The molecule has 0 N–H and O–H groups in total. The molecule has 9 heteroatoms. The molecular formula is C32H29N5O2S2. The topological polar surface area (TPSA) is 74.3 Å². The summed E-state index contributed by atoms with van der Waals surface area (Å²) in [6.45, 7) is 7.12. The second-order valence-corrected chi connectivity index (χ2v) is 12.1. The van der Waals surface area contributed by atoms with Crippen LogP contribution in [0.15, 0.2) is 77.0 Å². The Bertz CT molecular complexity index is 1930. The molecule has 0 radical (unpaired) electrons. The first-order valence-electron chi connectivity index (χ1n) is 13.5. The molecule has 0 saturated heterocycles. The van der Waals surface area contributed by atoms with Gasteiger partial charge in [-0.25, -0.2) is 4.68 Å². The fourth-order valence-corrected chi connectivity index (χ4v) is 5.92. The number of nitrogens with zero attached hydrogens (tertiary/aromatic N) is 5. The van der Waals surface area contributed by atoms with Gasteiger partial charge in [0.05, 0.1) is 16.8 Å². The number of aryl methyl sites for hydroxylation is 1.